The zero-order valence-electron chi connectivity index (χ0n) is 14.0. The number of nitrogens with zero attached hydrogens (tertiary/aromatic N) is 3. The van der Waals surface area contributed by atoms with Crippen LogP contribution in [-0.4, -0.2) is 29.6 Å². The molecule has 124 valence electrons. The first-order valence-corrected chi connectivity index (χ1v) is 8.38. The Morgan fingerprint density at radius 3 is 2.83 bits per heavy atom. The van der Waals surface area contributed by atoms with E-state index in [9.17, 15) is 0 Å². The maximum absolute atomic E-state index is 5.13. The molecule has 6 nitrogen and oxygen atoms in total. The highest BCUT2D eigenvalue weighted by Crippen LogP contribution is 2.16. The number of methoxy groups -OCH3 is 1. The minimum atomic E-state index is 0.560. The van der Waals surface area contributed by atoms with Crippen molar-refractivity contribution in [3.63, 3.8) is 0 Å². The van der Waals surface area contributed by atoms with E-state index in [1.165, 1.54) is 4.88 Å². The minimum absolute atomic E-state index is 0.560. The van der Waals surface area contributed by atoms with Gasteiger partial charge in [0.2, 0.25) is 5.88 Å². The molecule has 23 heavy (non-hydrogen) atoms. The number of aliphatic imine (C=N–C) groups is 1. The molecule has 0 aliphatic heterocycles. The Hall–Kier alpha value is -2.15. The molecule has 2 aromatic rings. The summed E-state index contributed by atoms with van der Waals surface area (Å²) in [7, 11) is 1.61. The minimum Gasteiger partial charge on any atom is -0.481 e. The average molecular weight is 333 g/mol. The Morgan fingerprint density at radius 1 is 1.35 bits per heavy atom. The summed E-state index contributed by atoms with van der Waals surface area (Å²) in [6.07, 6.45) is 1.73. The highest BCUT2D eigenvalue weighted by Gasteiger charge is 2.05. The van der Waals surface area contributed by atoms with E-state index in [-0.39, 0.29) is 0 Å². The fraction of sp³-hybridized carbons (Fsp3) is 0.438. The van der Waals surface area contributed by atoms with Gasteiger partial charge in [0, 0.05) is 23.7 Å². The molecule has 2 aromatic heterocycles. The fourth-order valence-electron chi connectivity index (χ4n) is 1.95. The number of hydrogen-bond donors (Lipinski definition) is 2. The first-order chi connectivity index (χ1) is 11.1. The van der Waals surface area contributed by atoms with E-state index < -0.39 is 0 Å². The van der Waals surface area contributed by atoms with Crippen LogP contribution in [0.25, 0.3) is 0 Å². The van der Waals surface area contributed by atoms with Crippen LogP contribution in [0, 0.1) is 13.8 Å². The van der Waals surface area contributed by atoms with Gasteiger partial charge in [0.05, 0.1) is 25.9 Å². The van der Waals surface area contributed by atoms with Crippen LogP contribution >= 0.6 is 11.3 Å². The van der Waals surface area contributed by atoms with Crippen molar-refractivity contribution in [1.29, 1.82) is 0 Å². The summed E-state index contributed by atoms with van der Waals surface area (Å²) < 4.78 is 5.13. The highest BCUT2D eigenvalue weighted by atomic mass is 32.1. The molecule has 0 atom stereocenters. The first-order valence-electron chi connectivity index (χ1n) is 7.56. The normalized spacial score (nSPS) is 11.4. The number of ether oxygens (including phenoxy) is 1. The summed E-state index contributed by atoms with van der Waals surface area (Å²) >= 11 is 1.71. The smallest absolute Gasteiger partial charge is 0.213 e. The van der Waals surface area contributed by atoms with Crippen LogP contribution in [-0.2, 0) is 13.1 Å². The highest BCUT2D eigenvalue weighted by molar-refractivity contribution is 7.11. The number of rotatable bonds is 6. The molecule has 0 aliphatic rings. The standard InChI is InChI=1S/C16H23N5OS/c1-5-17-16(20-10-15-21-11(2)12(3)23-15)19-9-13-6-7-18-14(8-13)22-4/h6-8H,5,9-10H2,1-4H3,(H2,17,19,20). The summed E-state index contributed by atoms with van der Waals surface area (Å²) in [5, 5.41) is 7.62. The first kappa shape index (κ1) is 17.2. The summed E-state index contributed by atoms with van der Waals surface area (Å²) in [5.74, 6) is 1.37. The number of aromatic nitrogens is 2. The van der Waals surface area contributed by atoms with Crippen LogP contribution in [0.4, 0.5) is 0 Å². The lowest BCUT2D eigenvalue weighted by Crippen LogP contribution is -2.36. The Balaban J connectivity index is 1.98. The zero-order chi connectivity index (χ0) is 16.7. The lowest BCUT2D eigenvalue weighted by Gasteiger charge is -2.10. The molecule has 7 heteroatoms. The Bertz CT molecular complexity index is 649. The predicted octanol–water partition coefficient (Wildman–Crippen LogP) is 2.42. The van der Waals surface area contributed by atoms with Gasteiger partial charge in [-0.05, 0) is 32.4 Å². The van der Waals surface area contributed by atoms with Gasteiger partial charge < -0.3 is 15.4 Å². The number of guanidine groups is 1. The van der Waals surface area contributed by atoms with E-state index in [1.54, 1.807) is 24.6 Å². The summed E-state index contributed by atoms with van der Waals surface area (Å²) in [6.45, 7) is 8.21. The van der Waals surface area contributed by atoms with Gasteiger partial charge in [0.25, 0.3) is 0 Å². The average Bonchev–Trinajstić information content (AvgIpc) is 2.88. The monoisotopic (exact) mass is 333 g/mol. The van der Waals surface area contributed by atoms with E-state index in [1.807, 2.05) is 26.0 Å². The van der Waals surface area contributed by atoms with Crippen molar-refractivity contribution in [2.75, 3.05) is 13.7 Å². The van der Waals surface area contributed by atoms with Crippen LogP contribution in [0.1, 0.15) is 28.1 Å². The molecule has 0 saturated heterocycles. The maximum atomic E-state index is 5.13. The van der Waals surface area contributed by atoms with E-state index in [2.05, 4.69) is 32.5 Å². The van der Waals surface area contributed by atoms with Crippen molar-refractivity contribution < 1.29 is 4.74 Å². The van der Waals surface area contributed by atoms with Gasteiger partial charge in [-0.1, -0.05) is 0 Å². The molecule has 0 aromatic carbocycles. The third-order valence-corrected chi connectivity index (χ3v) is 4.33. The second kappa shape index (κ2) is 8.47. The van der Waals surface area contributed by atoms with Crippen molar-refractivity contribution in [2.24, 2.45) is 4.99 Å². The van der Waals surface area contributed by atoms with E-state index >= 15 is 0 Å². The maximum Gasteiger partial charge on any atom is 0.213 e. The molecule has 0 amide bonds. The van der Waals surface area contributed by atoms with Crippen LogP contribution in [0.2, 0.25) is 0 Å². The van der Waals surface area contributed by atoms with Crippen molar-refractivity contribution in [2.45, 2.75) is 33.9 Å². The second-order valence-corrected chi connectivity index (χ2v) is 6.29. The van der Waals surface area contributed by atoms with Gasteiger partial charge in [-0.2, -0.15) is 0 Å². The van der Waals surface area contributed by atoms with Crippen molar-refractivity contribution in [1.82, 2.24) is 20.6 Å². The van der Waals surface area contributed by atoms with Gasteiger partial charge in [-0.25, -0.2) is 15.0 Å². The molecule has 0 saturated carbocycles. The van der Waals surface area contributed by atoms with E-state index in [4.69, 9.17) is 4.74 Å². The molecule has 0 radical (unpaired) electrons. The second-order valence-electron chi connectivity index (χ2n) is 5.00. The number of hydrogen-bond acceptors (Lipinski definition) is 5. The van der Waals surface area contributed by atoms with Crippen LogP contribution in [0.15, 0.2) is 23.3 Å². The van der Waals surface area contributed by atoms with Crippen molar-refractivity contribution >= 4 is 17.3 Å². The molecule has 2 N–H and O–H groups in total. The Kier molecular flexibility index (Phi) is 6.34. The van der Waals surface area contributed by atoms with Gasteiger partial charge in [0.1, 0.15) is 5.01 Å². The van der Waals surface area contributed by atoms with Gasteiger partial charge in [0.15, 0.2) is 5.96 Å². The quantitative estimate of drug-likeness (QED) is 0.627. The molecule has 2 heterocycles. The van der Waals surface area contributed by atoms with Gasteiger partial charge >= 0.3 is 0 Å². The summed E-state index contributed by atoms with van der Waals surface area (Å²) in [5.41, 5.74) is 2.15. The molecule has 0 aliphatic carbocycles. The molecule has 0 spiro atoms. The van der Waals surface area contributed by atoms with Gasteiger partial charge in [-0.3, -0.25) is 0 Å². The fourth-order valence-corrected chi connectivity index (χ4v) is 2.82. The topological polar surface area (TPSA) is 71.4 Å². The predicted molar refractivity (Wildman–Crippen MR) is 94.0 cm³/mol. The molecule has 2 rings (SSSR count). The van der Waals surface area contributed by atoms with E-state index in [0.717, 1.165) is 28.8 Å². The lowest BCUT2D eigenvalue weighted by atomic mass is 10.3. The van der Waals surface area contributed by atoms with Gasteiger partial charge in [-0.15, -0.1) is 11.3 Å². The zero-order valence-corrected chi connectivity index (χ0v) is 14.8. The molecular formula is C16H23N5OS. The molecular weight excluding hydrogens is 310 g/mol. The SMILES string of the molecule is CCNC(=NCc1ccnc(OC)c1)NCc1nc(C)c(C)s1. The Labute approximate surface area is 141 Å². The van der Waals surface area contributed by atoms with Crippen LogP contribution in [0.5, 0.6) is 5.88 Å². The molecule has 0 unspecified atom stereocenters. The Morgan fingerprint density at radius 2 is 2.17 bits per heavy atom. The number of nitrogens with one attached hydrogen (secondary N) is 2. The summed E-state index contributed by atoms with van der Waals surface area (Å²) in [4.78, 5) is 14.5. The largest absolute Gasteiger partial charge is 0.481 e. The third-order valence-electron chi connectivity index (χ3n) is 3.25. The van der Waals surface area contributed by atoms with Crippen molar-refractivity contribution in [3.8, 4) is 5.88 Å². The lowest BCUT2D eigenvalue weighted by molar-refractivity contribution is 0.397. The number of aryl methyl sites for hydroxylation is 2. The third kappa shape index (κ3) is 5.21. The summed E-state index contributed by atoms with van der Waals surface area (Å²) in [6, 6.07) is 3.82. The van der Waals surface area contributed by atoms with E-state index in [0.29, 0.717) is 19.0 Å². The van der Waals surface area contributed by atoms with Crippen LogP contribution in [0.3, 0.4) is 0 Å². The van der Waals surface area contributed by atoms with Crippen LogP contribution < -0.4 is 15.4 Å². The number of thiazole rings is 1. The van der Waals surface area contributed by atoms with Crippen molar-refractivity contribution in [3.05, 3.63) is 39.5 Å². The number of pyridine rings is 1. The molecule has 0 bridgehead atoms. The molecule has 0 fully saturated rings.